The van der Waals surface area contributed by atoms with Crippen LogP contribution in [0.1, 0.15) is 33.6 Å². The fourth-order valence-corrected chi connectivity index (χ4v) is 1.83. The first-order chi connectivity index (χ1) is 8.69. The van der Waals surface area contributed by atoms with Gasteiger partial charge in [-0.05, 0) is 27.2 Å². The summed E-state index contributed by atoms with van der Waals surface area (Å²) in [5.41, 5.74) is 0. The molecule has 4 atom stereocenters. The highest BCUT2D eigenvalue weighted by molar-refractivity contribution is 5.69. The Morgan fingerprint density at radius 2 is 1.68 bits per heavy atom. The molecule has 1 aliphatic heterocycles. The van der Waals surface area contributed by atoms with Crippen LogP contribution in [0.15, 0.2) is 0 Å². The zero-order valence-electron chi connectivity index (χ0n) is 11.2. The van der Waals surface area contributed by atoms with Gasteiger partial charge in [0.05, 0.1) is 24.4 Å². The van der Waals surface area contributed by atoms with Crippen LogP contribution in [-0.2, 0) is 19.0 Å². The fourth-order valence-electron chi connectivity index (χ4n) is 1.83. The summed E-state index contributed by atoms with van der Waals surface area (Å²) in [5, 5.41) is 0. The average molecular weight is 284 g/mol. The van der Waals surface area contributed by atoms with Crippen molar-refractivity contribution in [3.8, 4) is 0 Å². The summed E-state index contributed by atoms with van der Waals surface area (Å²) >= 11 is 0. The molecule has 112 valence electrons. The van der Waals surface area contributed by atoms with Gasteiger partial charge in [-0.3, -0.25) is 4.79 Å². The first-order valence-electron chi connectivity index (χ1n) is 6.22. The van der Waals surface area contributed by atoms with E-state index in [0.717, 1.165) is 0 Å². The molecule has 1 heterocycles. The van der Waals surface area contributed by atoms with Gasteiger partial charge in [-0.1, -0.05) is 0 Å². The Kier molecular flexibility index (Phi) is 5.61. The second-order valence-electron chi connectivity index (χ2n) is 4.74. The van der Waals surface area contributed by atoms with Gasteiger partial charge in [-0.15, -0.1) is 0 Å². The van der Waals surface area contributed by atoms with E-state index in [4.69, 9.17) is 9.47 Å². The van der Waals surface area contributed by atoms with Crippen molar-refractivity contribution in [2.45, 2.75) is 64.2 Å². The molecular weight excluding hydrogens is 265 g/mol. The van der Waals surface area contributed by atoms with Crippen molar-refractivity contribution in [1.29, 1.82) is 0 Å². The topological polar surface area (TPSA) is 44.8 Å². The lowest BCUT2D eigenvalue weighted by Gasteiger charge is -2.37. The van der Waals surface area contributed by atoms with Gasteiger partial charge in [0.1, 0.15) is 0 Å². The van der Waals surface area contributed by atoms with Gasteiger partial charge in [-0.2, -0.15) is 13.2 Å². The summed E-state index contributed by atoms with van der Waals surface area (Å²) < 4.78 is 50.9. The predicted octanol–water partition coefficient (Wildman–Crippen LogP) is 2.45. The summed E-state index contributed by atoms with van der Waals surface area (Å²) in [6, 6.07) is 0. The molecule has 0 bridgehead atoms. The highest BCUT2D eigenvalue weighted by atomic mass is 19.4. The molecule has 19 heavy (non-hydrogen) atoms. The van der Waals surface area contributed by atoms with Crippen LogP contribution in [0.4, 0.5) is 13.2 Å². The monoisotopic (exact) mass is 284 g/mol. The second kappa shape index (κ2) is 6.56. The number of ether oxygens (including phenoxy) is 3. The lowest BCUT2D eigenvalue weighted by Crippen LogP contribution is -2.45. The van der Waals surface area contributed by atoms with E-state index < -0.39 is 18.8 Å². The average Bonchev–Trinajstić information content (AvgIpc) is 2.28. The van der Waals surface area contributed by atoms with Crippen LogP contribution in [0.5, 0.6) is 0 Å². The first-order valence-corrected chi connectivity index (χ1v) is 6.22. The Morgan fingerprint density at radius 3 is 2.26 bits per heavy atom. The number of carbonyl (C=O) groups is 1. The lowest BCUT2D eigenvalue weighted by molar-refractivity contribution is -0.207. The number of esters is 1. The van der Waals surface area contributed by atoms with Crippen LogP contribution in [0.25, 0.3) is 0 Å². The number of rotatable bonds is 4. The third-order valence-corrected chi connectivity index (χ3v) is 3.03. The third-order valence-electron chi connectivity index (χ3n) is 3.03. The maximum Gasteiger partial charge on any atom is 0.422 e. The van der Waals surface area contributed by atoms with E-state index in [1.165, 1.54) is 0 Å². The van der Waals surface area contributed by atoms with Crippen molar-refractivity contribution in [2.24, 2.45) is 0 Å². The third kappa shape index (κ3) is 5.78. The SMILES string of the molecule is CC1OC(C)C(CCC(=O)OCC(F)(F)F)OC1C. The summed E-state index contributed by atoms with van der Waals surface area (Å²) in [5.74, 6) is -0.876. The number of alkyl halides is 3. The Hall–Kier alpha value is -0.820. The molecule has 0 aromatic heterocycles. The number of hydrogen-bond donors (Lipinski definition) is 0. The van der Waals surface area contributed by atoms with Crippen LogP contribution >= 0.6 is 0 Å². The van der Waals surface area contributed by atoms with Crippen molar-refractivity contribution in [1.82, 2.24) is 0 Å². The molecule has 4 nitrogen and oxygen atoms in total. The quantitative estimate of drug-likeness (QED) is 0.744. The van der Waals surface area contributed by atoms with Gasteiger partial charge in [-0.25, -0.2) is 0 Å². The summed E-state index contributed by atoms with van der Waals surface area (Å²) in [6.45, 7) is 4.01. The highest BCUT2D eigenvalue weighted by Crippen LogP contribution is 2.23. The van der Waals surface area contributed by atoms with Crippen LogP contribution < -0.4 is 0 Å². The Balaban J connectivity index is 2.30. The van der Waals surface area contributed by atoms with E-state index in [2.05, 4.69) is 4.74 Å². The van der Waals surface area contributed by atoms with E-state index in [1.54, 1.807) is 0 Å². The molecule has 0 spiro atoms. The van der Waals surface area contributed by atoms with Crippen LogP contribution in [0.3, 0.4) is 0 Å². The number of halogens is 3. The summed E-state index contributed by atoms with van der Waals surface area (Å²) in [4.78, 5) is 11.2. The minimum atomic E-state index is -4.49. The van der Waals surface area contributed by atoms with Gasteiger partial charge in [0, 0.05) is 6.42 Å². The second-order valence-corrected chi connectivity index (χ2v) is 4.74. The summed E-state index contributed by atoms with van der Waals surface area (Å²) in [6.07, 6.45) is -4.95. The van der Waals surface area contributed by atoms with Crippen molar-refractivity contribution < 1.29 is 32.2 Å². The Bertz CT molecular complexity index is 306. The van der Waals surface area contributed by atoms with Crippen molar-refractivity contribution in [2.75, 3.05) is 6.61 Å². The highest BCUT2D eigenvalue weighted by Gasteiger charge is 2.33. The maximum absolute atomic E-state index is 11.8. The predicted molar refractivity (Wildman–Crippen MR) is 60.6 cm³/mol. The molecule has 0 aliphatic carbocycles. The molecule has 1 aliphatic rings. The van der Waals surface area contributed by atoms with E-state index in [9.17, 15) is 18.0 Å². The zero-order valence-corrected chi connectivity index (χ0v) is 11.2. The Morgan fingerprint density at radius 1 is 1.11 bits per heavy atom. The molecule has 7 heteroatoms. The summed E-state index contributed by atoms with van der Waals surface area (Å²) in [7, 11) is 0. The molecule has 0 aromatic rings. The molecular formula is C12H19F3O4. The zero-order chi connectivity index (χ0) is 14.6. The molecule has 0 amide bonds. The molecule has 1 rings (SSSR count). The minimum Gasteiger partial charge on any atom is -0.456 e. The molecule has 0 radical (unpaired) electrons. The molecule has 0 saturated carbocycles. The van der Waals surface area contributed by atoms with Gasteiger partial charge < -0.3 is 14.2 Å². The fraction of sp³-hybridized carbons (Fsp3) is 0.917. The molecule has 4 unspecified atom stereocenters. The van der Waals surface area contributed by atoms with E-state index >= 15 is 0 Å². The van der Waals surface area contributed by atoms with Crippen LogP contribution in [0.2, 0.25) is 0 Å². The van der Waals surface area contributed by atoms with E-state index in [-0.39, 0.29) is 37.3 Å². The van der Waals surface area contributed by atoms with E-state index in [1.807, 2.05) is 20.8 Å². The minimum absolute atomic E-state index is 0.0385. The largest absolute Gasteiger partial charge is 0.456 e. The van der Waals surface area contributed by atoms with Crippen molar-refractivity contribution in [3.63, 3.8) is 0 Å². The van der Waals surface area contributed by atoms with Gasteiger partial charge in [0.25, 0.3) is 0 Å². The van der Waals surface area contributed by atoms with Gasteiger partial charge in [0.15, 0.2) is 6.61 Å². The van der Waals surface area contributed by atoms with Crippen molar-refractivity contribution in [3.05, 3.63) is 0 Å². The normalized spacial score (nSPS) is 32.1. The van der Waals surface area contributed by atoms with Gasteiger partial charge >= 0.3 is 12.1 Å². The molecule has 1 fully saturated rings. The Labute approximate surface area is 110 Å². The van der Waals surface area contributed by atoms with Crippen LogP contribution in [0, 0.1) is 0 Å². The van der Waals surface area contributed by atoms with Crippen LogP contribution in [-0.4, -0.2) is 43.2 Å². The standard InChI is InChI=1S/C12H19F3O4/c1-7-8(2)19-10(9(3)18-7)4-5-11(16)17-6-12(13,14)15/h7-10H,4-6H2,1-3H3. The molecule has 1 saturated heterocycles. The van der Waals surface area contributed by atoms with Gasteiger partial charge in [0.2, 0.25) is 0 Å². The van der Waals surface area contributed by atoms with E-state index in [0.29, 0.717) is 0 Å². The lowest BCUT2D eigenvalue weighted by atomic mass is 10.1. The maximum atomic E-state index is 11.8. The molecule has 0 N–H and O–H groups in total. The number of carbonyl (C=O) groups excluding carboxylic acids is 1. The molecule has 0 aromatic carbocycles. The number of hydrogen-bond acceptors (Lipinski definition) is 4. The first kappa shape index (κ1) is 16.2. The van der Waals surface area contributed by atoms with Crippen molar-refractivity contribution >= 4 is 5.97 Å². The smallest absolute Gasteiger partial charge is 0.422 e.